The van der Waals surface area contributed by atoms with Crippen LogP contribution in [0.3, 0.4) is 0 Å². The molecule has 3 aromatic rings. The van der Waals surface area contributed by atoms with E-state index in [4.69, 9.17) is 9.47 Å². The Kier molecular flexibility index (Phi) is 9.24. The molecule has 1 atom stereocenters. The predicted molar refractivity (Wildman–Crippen MR) is 144 cm³/mol. The molecule has 0 aliphatic carbocycles. The smallest absolute Gasteiger partial charge is 0.212 e. The Morgan fingerprint density at radius 3 is 1.74 bits per heavy atom. The summed E-state index contributed by atoms with van der Waals surface area (Å²) in [6.45, 7) is 3.56. The lowest BCUT2D eigenvalue weighted by molar-refractivity contribution is 0.412. The van der Waals surface area contributed by atoms with Gasteiger partial charge < -0.3 is 9.47 Å². The minimum Gasteiger partial charge on any atom is -0.497 e. The zero-order chi connectivity index (χ0) is 28.1. The van der Waals surface area contributed by atoms with Crippen molar-refractivity contribution in [2.24, 2.45) is 0 Å². The number of ether oxygens (including phenoxy) is 2. The SMILES string of the molecule is CCCCS(=O)(=O)N[C@@H](C)c1ccc(S(=O)(=O)c2ccc(OC)cc2S(=O)(=O)c2ccc(OC)cc2)cc1. The van der Waals surface area contributed by atoms with Crippen molar-refractivity contribution in [2.45, 2.75) is 52.3 Å². The van der Waals surface area contributed by atoms with Gasteiger partial charge in [0.05, 0.1) is 39.6 Å². The number of sulfone groups is 2. The molecule has 0 radical (unpaired) electrons. The number of hydrogen-bond acceptors (Lipinski definition) is 8. The second-order valence-corrected chi connectivity index (χ2v) is 14.3. The first-order valence-electron chi connectivity index (χ1n) is 11.8. The van der Waals surface area contributed by atoms with Crippen LogP contribution in [0.15, 0.2) is 86.3 Å². The van der Waals surface area contributed by atoms with Crippen molar-refractivity contribution in [1.29, 1.82) is 0 Å². The van der Waals surface area contributed by atoms with E-state index in [1.807, 2.05) is 6.92 Å². The van der Waals surface area contributed by atoms with Crippen LogP contribution in [0.25, 0.3) is 0 Å². The number of methoxy groups -OCH3 is 2. The van der Waals surface area contributed by atoms with Crippen LogP contribution in [0.4, 0.5) is 0 Å². The fourth-order valence-corrected chi connectivity index (χ4v) is 8.51. The van der Waals surface area contributed by atoms with Crippen LogP contribution >= 0.6 is 0 Å². The van der Waals surface area contributed by atoms with E-state index >= 15 is 0 Å². The van der Waals surface area contributed by atoms with E-state index in [1.165, 1.54) is 80.9 Å². The highest BCUT2D eigenvalue weighted by molar-refractivity contribution is 7.94. The normalized spacial score (nSPS) is 13.2. The third kappa shape index (κ3) is 6.55. The number of nitrogens with one attached hydrogen (secondary N) is 1. The fourth-order valence-electron chi connectivity index (χ4n) is 3.72. The van der Waals surface area contributed by atoms with E-state index in [-0.39, 0.29) is 21.3 Å². The average molecular weight is 582 g/mol. The second-order valence-electron chi connectivity index (χ2n) is 8.58. The summed E-state index contributed by atoms with van der Waals surface area (Å²) in [6, 6.07) is 14.4. The first-order valence-corrected chi connectivity index (χ1v) is 16.4. The van der Waals surface area contributed by atoms with Gasteiger partial charge in [-0.25, -0.2) is 30.0 Å². The summed E-state index contributed by atoms with van der Waals surface area (Å²) in [7, 11) is -9.23. The number of rotatable bonds is 12. The van der Waals surface area contributed by atoms with Crippen LogP contribution in [0.5, 0.6) is 11.5 Å². The molecular weight excluding hydrogens is 550 g/mol. The lowest BCUT2D eigenvalue weighted by Gasteiger charge is -2.16. The minimum atomic E-state index is -4.29. The van der Waals surface area contributed by atoms with Crippen molar-refractivity contribution >= 4 is 29.7 Å². The van der Waals surface area contributed by atoms with Gasteiger partial charge in [-0.2, -0.15) is 0 Å². The molecule has 3 aromatic carbocycles. The summed E-state index contributed by atoms with van der Waals surface area (Å²) in [5, 5.41) is 0. The van der Waals surface area contributed by atoms with Crippen LogP contribution < -0.4 is 14.2 Å². The molecule has 0 fully saturated rings. The van der Waals surface area contributed by atoms with Crippen molar-refractivity contribution in [3.63, 3.8) is 0 Å². The van der Waals surface area contributed by atoms with Crippen LogP contribution in [-0.4, -0.2) is 45.2 Å². The largest absolute Gasteiger partial charge is 0.497 e. The van der Waals surface area contributed by atoms with Gasteiger partial charge in [-0.05, 0) is 67.4 Å². The zero-order valence-electron chi connectivity index (χ0n) is 21.5. The van der Waals surface area contributed by atoms with E-state index in [1.54, 1.807) is 6.92 Å². The van der Waals surface area contributed by atoms with Gasteiger partial charge in [-0.1, -0.05) is 25.5 Å². The van der Waals surface area contributed by atoms with Gasteiger partial charge in [0.25, 0.3) is 0 Å². The molecule has 0 bridgehead atoms. The number of sulfonamides is 1. The Morgan fingerprint density at radius 1 is 0.711 bits per heavy atom. The maximum atomic E-state index is 13.6. The fraction of sp³-hybridized carbons (Fsp3) is 0.308. The van der Waals surface area contributed by atoms with Crippen LogP contribution in [-0.2, 0) is 29.7 Å². The molecule has 12 heteroatoms. The van der Waals surface area contributed by atoms with E-state index < -0.39 is 45.5 Å². The molecule has 9 nitrogen and oxygen atoms in total. The molecule has 0 amide bonds. The first-order chi connectivity index (χ1) is 17.9. The molecule has 3 rings (SSSR count). The lowest BCUT2D eigenvalue weighted by Crippen LogP contribution is -2.29. The zero-order valence-corrected chi connectivity index (χ0v) is 24.0. The van der Waals surface area contributed by atoms with Gasteiger partial charge in [-0.3, -0.25) is 0 Å². The summed E-state index contributed by atoms with van der Waals surface area (Å²) >= 11 is 0. The Morgan fingerprint density at radius 2 is 1.21 bits per heavy atom. The molecule has 0 heterocycles. The quantitative estimate of drug-likeness (QED) is 0.337. The highest BCUT2D eigenvalue weighted by Crippen LogP contribution is 2.34. The van der Waals surface area contributed by atoms with Gasteiger partial charge in [0.1, 0.15) is 11.5 Å². The third-order valence-corrected chi connectivity index (χ3v) is 11.2. The summed E-state index contributed by atoms with van der Waals surface area (Å²) in [6.07, 6.45) is 1.27. The molecule has 38 heavy (non-hydrogen) atoms. The van der Waals surface area contributed by atoms with Gasteiger partial charge >= 0.3 is 0 Å². The molecule has 0 saturated heterocycles. The average Bonchev–Trinajstić information content (AvgIpc) is 2.91. The molecule has 0 aliphatic rings. The minimum absolute atomic E-state index is 0.00319. The standard InChI is InChI=1S/C26H31NO8S3/c1-5-6-17-36(28,29)27-19(2)20-7-12-23(13-8-20)37(30,31)25-16-11-22(35-4)18-26(25)38(32,33)24-14-9-21(34-3)10-15-24/h7-16,18-19,27H,5-6,17H2,1-4H3/t19-/m0/s1. The Bertz CT molecular complexity index is 1580. The Hall–Kier alpha value is -2.93. The first kappa shape index (κ1) is 29.6. The van der Waals surface area contributed by atoms with Gasteiger partial charge in [-0.15, -0.1) is 0 Å². The monoisotopic (exact) mass is 581 g/mol. The van der Waals surface area contributed by atoms with E-state index in [9.17, 15) is 25.3 Å². The maximum absolute atomic E-state index is 13.6. The molecule has 206 valence electrons. The summed E-state index contributed by atoms with van der Waals surface area (Å²) in [5.41, 5.74) is 0.560. The highest BCUT2D eigenvalue weighted by Gasteiger charge is 2.30. The van der Waals surface area contributed by atoms with E-state index in [0.29, 0.717) is 17.7 Å². The van der Waals surface area contributed by atoms with Crippen molar-refractivity contribution in [2.75, 3.05) is 20.0 Å². The van der Waals surface area contributed by atoms with Crippen LogP contribution in [0, 0.1) is 0 Å². The van der Waals surface area contributed by atoms with Crippen molar-refractivity contribution in [1.82, 2.24) is 4.72 Å². The molecule has 0 spiro atoms. The second kappa shape index (κ2) is 11.9. The molecule has 0 aliphatic heterocycles. The van der Waals surface area contributed by atoms with Gasteiger partial charge in [0, 0.05) is 12.1 Å². The Labute approximate surface area is 224 Å². The molecule has 0 saturated carbocycles. The maximum Gasteiger partial charge on any atom is 0.212 e. The van der Waals surface area contributed by atoms with Crippen molar-refractivity contribution in [3.05, 3.63) is 72.3 Å². The van der Waals surface area contributed by atoms with Crippen molar-refractivity contribution in [3.8, 4) is 11.5 Å². The summed E-state index contributed by atoms with van der Waals surface area (Å²) in [4.78, 5) is -1.08. The third-order valence-electron chi connectivity index (χ3n) is 5.91. The predicted octanol–water partition coefficient (Wildman–Crippen LogP) is 4.15. The highest BCUT2D eigenvalue weighted by atomic mass is 32.2. The Balaban J connectivity index is 2.01. The van der Waals surface area contributed by atoms with Gasteiger partial charge in [0.2, 0.25) is 29.7 Å². The van der Waals surface area contributed by atoms with Crippen LogP contribution in [0.1, 0.15) is 38.3 Å². The number of unbranched alkanes of at least 4 members (excludes halogenated alkanes) is 1. The lowest BCUT2D eigenvalue weighted by atomic mass is 10.1. The molecule has 1 N–H and O–H groups in total. The van der Waals surface area contributed by atoms with Crippen LogP contribution in [0.2, 0.25) is 0 Å². The molecule has 0 unspecified atom stereocenters. The summed E-state index contributed by atoms with van der Waals surface area (Å²) < 4.78 is 91.6. The van der Waals surface area contributed by atoms with E-state index in [2.05, 4.69) is 4.72 Å². The molecular formula is C26H31NO8S3. The number of hydrogen-bond donors (Lipinski definition) is 1. The van der Waals surface area contributed by atoms with Crippen molar-refractivity contribution < 1.29 is 34.7 Å². The number of benzene rings is 3. The summed E-state index contributed by atoms with van der Waals surface area (Å²) in [5.74, 6) is 0.628. The van der Waals surface area contributed by atoms with E-state index in [0.717, 1.165) is 6.42 Å². The topological polar surface area (TPSA) is 133 Å². The molecule has 0 aromatic heterocycles. The van der Waals surface area contributed by atoms with Gasteiger partial charge in [0.15, 0.2) is 0 Å².